The van der Waals surface area contributed by atoms with E-state index in [0.29, 0.717) is 11.1 Å². The van der Waals surface area contributed by atoms with Crippen molar-refractivity contribution >= 4 is 46.4 Å². The van der Waals surface area contributed by atoms with Gasteiger partial charge in [0.05, 0.1) is 11.2 Å². The Morgan fingerprint density at radius 2 is 1.51 bits per heavy atom. The molecule has 5 atom stereocenters. The summed E-state index contributed by atoms with van der Waals surface area (Å²) in [6.07, 6.45) is -5.44. The number of carbonyl (C=O) groups excluding carboxylic acids is 5. The number of ether oxygens (including phenoxy) is 8. The number of benzene rings is 2. The summed E-state index contributed by atoms with van der Waals surface area (Å²) in [7, 11) is 0. The fourth-order valence-corrected chi connectivity index (χ4v) is 4.92. The van der Waals surface area contributed by atoms with Crippen molar-refractivity contribution in [2.24, 2.45) is 0 Å². The van der Waals surface area contributed by atoms with E-state index in [4.69, 9.17) is 43.6 Å². The second-order valence-corrected chi connectivity index (χ2v) is 10.8. The standard InChI is InChI=1S/C34H36N2O13/c1-6-13-42-33(41)29-27(15-23-9-7-8-10-25(23)36-29)44-16-22-11-12-26(24(35)14-22)48-34-32(47-21(5)40)31(46-20(4)39)30(45-19(3)38)28(49-34)17-43-18(2)37/h6-12,14-15,28,30-32,34H,1,13,16-17,35H2,2-5H3/t28-,30+,31+,32-,34-/m1/s1. The molecule has 1 aliphatic heterocycles. The number of nitrogen functional groups attached to an aromatic ring is 1. The molecule has 0 unspecified atom stereocenters. The molecule has 0 bridgehead atoms. The van der Waals surface area contributed by atoms with Crippen LogP contribution in [0.2, 0.25) is 0 Å². The maximum Gasteiger partial charge on any atom is 0.361 e. The number of carbonyl (C=O) groups is 5. The lowest BCUT2D eigenvalue weighted by Gasteiger charge is -2.44. The minimum absolute atomic E-state index is 0.00959. The monoisotopic (exact) mass is 680 g/mol. The Morgan fingerprint density at radius 1 is 0.837 bits per heavy atom. The molecule has 0 radical (unpaired) electrons. The average molecular weight is 681 g/mol. The number of esters is 5. The van der Waals surface area contributed by atoms with Crippen molar-refractivity contribution in [2.45, 2.75) is 65.0 Å². The third-order valence-corrected chi connectivity index (χ3v) is 6.87. The van der Waals surface area contributed by atoms with Crippen LogP contribution >= 0.6 is 0 Å². The summed E-state index contributed by atoms with van der Waals surface area (Å²) >= 11 is 0. The van der Waals surface area contributed by atoms with Gasteiger partial charge in [0.15, 0.2) is 23.7 Å². The van der Waals surface area contributed by atoms with Gasteiger partial charge in [-0.1, -0.05) is 36.9 Å². The molecular formula is C34H36N2O13. The predicted octanol–water partition coefficient (Wildman–Crippen LogP) is 3.20. The fraction of sp³-hybridized carbons (Fsp3) is 0.353. The fourth-order valence-electron chi connectivity index (χ4n) is 4.92. The van der Waals surface area contributed by atoms with Crippen LogP contribution in [0, 0.1) is 0 Å². The van der Waals surface area contributed by atoms with E-state index in [0.717, 1.165) is 26.2 Å². The van der Waals surface area contributed by atoms with Crippen molar-refractivity contribution in [1.82, 2.24) is 4.98 Å². The maximum atomic E-state index is 12.7. The van der Waals surface area contributed by atoms with Crippen molar-refractivity contribution in [3.05, 3.63) is 72.4 Å². The Hall–Kier alpha value is -5.70. The smallest absolute Gasteiger partial charge is 0.361 e. The molecule has 0 aliphatic carbocycles. The summed E-state index contributed by atoms with van der Waals surface area (Å²) in [5.74, 6) is -3.41. The average Bonchev–Trinajstić information content (AvgIpc) is 3.04. The highest BCUT2D eigenvalue weighted by molar-refractivity contribution is 5.94. The van der Waals surface area contributed by atoms with Crippen LogP contribution in [0.5, 0.6) is 11.5 Å². The highest BCUT2D eigenvalue weighted by Crippen LogP contribution is 2.33. The van der Waals surface area contributed by atoms with Crippen molar-refractivity contribution in [2.75, 3.05) is 18.9 Å². The van der Waals surface area contributed by atoms with Crippen LogP contribution in [0.25, 0.3) is 10.9 Å². The molecule has 1 aliphatic rings. The van der Waals surface area contributed by atoms with E-state index in [1.165, 1.54) is 19.1 Å². The van der Waals surface area contributed by atoms with Gasteiger partial charge in [-0.05, 0) is 29.8 Å². The zero-order valence-electron chi connectivity index (χ0n) is 27.2. The molecule has 260 valence electrons. The van der Waals surface area contributed by atoms with Crippen LogP contribution in [0.15, 0.2) is 61.2 Å². The number of para-hydroxylation sites is 1. The van der Waals surface area contributed by atoms with Gasteiger partial charge >= 0.3 is 29.8 Å². The molecule has 4 rings (SSSR count). The molecular weight excluding hydrogens is 644 g/mol. The number of aromatic nitrogens is 1. The van der Waals surface area contributed by atoms with Gasteiger partial charge < -0.3 is 43.6 Å². The lowest BCUT2D eigenvalue weighted by atomic mass is 9.98. The van der Waals surface area contributed by atoms with Gasteiger partial charge in [-0.25, -0.2) is 9.78 Å². The zero-order chi connectivity index (χ0) is 35.7. The molecule has 3 aromatic rings. The first-order chi connectivity index (χ1) is 23.4. The van der Waals surface area contributed by atoms with Crippen molar-refractivity contribution in [1.29, 1.82) is 0 Å². The SMILES string of the molecule is C=CCOC(=O)c1nc2ccccc2cc1OCc1ccc(O[C@@H]2O[C@H](COC(C)=O)[C@H](OC(C)=O)[C@H](OC(C)=O)[C@H]2OC(C)=O)c(N)c1. The molecule has 15 heteroatoms. The van der Waals surface area contributed by atoms with E-state index in [1.54, 1.807) is 30.3 Å². The van der Waals surface area contributed by atoms with E-state index < -0.39 is 67.2 Å². The predicted molar refractivity (Wildman–Crippen MR) is 170 cm³/mol. The van der Waals surface area contributed by atoms with Crippen LogP contribution in [-0.4, -0.2) is 78.8 Å². The summed E-state index contributed by atoms with van der Waals surface area (Å²) in [4.78, 5) is 65.0. The van der Waals surface area contributed by atoms with E-state index in [2.05, 4.69) is 11.6 Å². The minimum atomic E-state index is -1.47. The Labute approximate surface area is 281 Å². The molecule has 1 fully saturated rings. The van der Waals surface area contributed by atoms with Gasteiger partial charge in [-0.15, -0.1) is 0 Å². The Balaban J connectivity index is 1.59. The Kier molecular flexibility index (Phi) is 12.1. The summed E-state index contributed by atoms with van der Waals surface area (Å²) in [6, 6.07) is 13.6. The second kappa shape index (κ2) is 16.4. The van der Waals surface area contributed by atoms with E-state index in [9.17, 15) is 24.0 Å². The van der Waals surface area contributed by atoms with Gasteiger partial charge in [-0.2, -0.15) is 0 Å². The van der Waals surface area contributed by atoms with Crippen LogP contribution in [0.1, 0.15) is 43.7 Å². The van der Waals surface area contributed by atoms with Gasteiger partial charge in [0.1, 0.15) is 31.7 Å². The van der Waals surface area contributed by atoms with Gasteiger partial charge in [0.25, 0.3) is 0 Å². The first kappa shape index (κ1) is 36.1. The molecule has 0 spiro atoms. The number of hydrogen-bond acceptors (Lipinski definition) is 15. The van der Waals surface area contributed by atoms with E-state index >= 15 is 0 Å². The molecule has 2 aromatic carbocycles. The third kappa shape index (κ3) is 9.67. The first-order valence-electron chi connectivity index (χ1n) is 15.0. The molecule has 2 heterocycles. The van der Waals surface area contributed by atoms with Crippen molar-refractivity contribution in [3.63, 3.8) is 0 Å². The largest absolute Gasteiger partial charge is 0.486 e. The summed E-state index contributed by atoms with van der Waals surface area (Å²) < 4.78 is 44.6. The highest BCUT2D eigenvalue weighted by Gasteiger charge is 2.53. The first-order valence-corrected chi connectivity index (χ1v) is 15.0. The highest BCUT2D eigenvalue weighted by atomic mass is 16.7. The van der Waals surface area contributed by atoms with Crippen LogP contribution in [0.3, 0.4) is 0 Å². The number of nitrogens with zero attached hydrogens (tertiary/aromatic N) is 1. The van der Waals surface area contributed by atoms with Gasteiger partial charge in [0, 0.05) is 33.1 Å². The molecule has 1 aromatic heterocycles. The zero-order valence-corrected chi connectivity index (χ0v) is 27.2. The summed E-state index contributed by atoms with van der Waals surface area (Å²) in [5.41, 5.74) is 7.58. The van der Waals surface area contributed by atoms with E-state index in [-0.39, 0.29) is 36.1 Å². The number of hydrogen-bond donors (Lipinski definition) is 1. The number of nitrogens with two attached hydrogens (primary N) is 1. The summed E-state index contributed by atoms with van der Waals surface area (Å²) in [5, 5.41) is 0.742. The number of anilines is 1. The number of fused-ring (bicyclic) bond motifs is 1. The third-order valence-electron chi connectivity index (χ3n) is 6.87. The Morgan fingerprint density at radius 3 is 2.16 bits per heavy atom. The molecule has 0 amide bonds. The quantitative estimate of drug-likeness (QED) is 0.119. The van der Waals surface area contributed by atoms with Gasteiger partial charge in [-0.3, -0.25) is 19.2 Å². The number of rotatable bonds is 13. The van der Waals surface area contributed by atoms with Gasteiger partial charge in [0.2, 0.25) is 12.4 Å². The molecule has 2 N–H and O–H groups in total. The van der Waals surface area contributed by atoms with Crippen LogP contribution in [-0.2, 0) is 54.2 Å². The maximum absolute atomic E-state index is 12.7. The van der Waals surface area contributed by atoms with Crippen LogP contribution in [0.4, 0.5) is 5.69 Å². The minimum Gasteiger partial charge on any atom is -0.486 e. The molecule has 0 saturated carbocycles. The van der Waals surface area contributed by atoms with Crippen LogP contribution < -0.4 is 15.2 Å². The van der Waals surface area contributed by atoms with Crippen molar-refractivity contribution < 1.29 is 61.9 Å². The molecule has 1 saturated heterocycles. The lowest BCUT2D eigenvalue weighted by Crippen LogP contribution is -2.63. The summed E-state index contributed by atoms with van der Waals surface area (Å²) in [6.45, 7) is 7.61. The normalized spacial score (nSPS) is 20.0. The van der Waals surface area contributed by atoms with E-state index in [1.807, 2.05) is 12.1 Å². The molecule has 15 nitrogen and oxygen atoms in total. The molecule has 49 heavy (non-hydrogen) atoms. The van der Waals surface area contributed by atoms with Crippen molar-refractivity contribution in [3.8, 4) is 11.5 Å². The second-order valence-electron chi connectivity index (χ2n) is 10.8. The topological polar surface area (TPSA) is 198 Å². The lowest BCUT2D eigenvalue weighted by molar-refractivity contribution is -0.288. The number of pyridine rings is 1. The Bertz CT molecular complexity index is 1730.